The van der Waals surface area contributed by atoms with E-state index in [0.29, 0.717) is 6.54 Å². The number of hydrogen-bond donors (Lipinski definition) is 2. The maximum atomic E-state index is 12.1. The predicted octanol–water partition coefficient (Wildman–Crippen LogP) is 1.41. The van der Waals surface area contributed by atoms with Crippen molar-refractivity contribution in [1.82, 2.24) is 20.4 Å². The van der Waals surface area contributed by atoms with E-state index >= 15 is 0 Å². The average molecular weight is 308 g/mol. The largest absolute Gasteiger partial charge is 0.376 e. The van der Waals surface area contributed by atoms with E-state index in [1.807, 2.05) is 30.9 Å². The van der Waals surface area contributed by atoms with Crippen LogP contribution in [0.4, 0.5) is 0 Å². The summed E-state index contributed by atoms with van der Waals surface area (Å²) in [7, 11) is 0. The molecule has 1 fully saturated rings. The minimum Gasteiger partial charge on any atom is -0.376 e. The molecule has 1 aromatic rings. The number of nitrogens with zero attached hydrogens (tertiary/aromatic N) is 2. The molecule has 1 amide bonds. The third-order valence-corrected chi connectivity index (χ3v) is 4.31. The highest BCUT2D eigenvalue weighted by Gasteiger charge is 2.22. The van der Waals surface area contributed by atoms with Gasteiger partial charge in [0.2, 0.25) is 5.91 Å². The van der Waals surface area contributed by atoms with Gasteiger partial charge in [-0.2, -0.15) is 5.10 Å². The SMILES string of the molecule is Cc1cnn([C@H](C)[C@H](C)N[C@H](C)C(=O)NC[C@@H]2CCCO2)c1. The molecule has 2 N–H and O–H groups in total. The van der Waals surface area contributed by atoms with Gasteiger partial charge in [0.05, 0.1) is 24.4 Å². The fourth-order valence-corrected chi connectivity index (χ4v) is 2.67. The minimum absolute atomic E-state index is 0.0196. The molecule has 1 saturated heterocycles. The summed E-state index contributed by atoms with van der Waals surface area (Å²) in [6.07, 6.45) is 6.17. The molecular formula is C16H28N4O2. The molecule has 2 heterocycles. The van der Waals surface area contributed by atoms with Crippen molar-refractivity contribution in [3.63, 3.8) is 0 Å². The molecule has 6 nitrogen and oxygen atoms in total. The van der Waals surface area contributed by atoms with Crippen LogP contribution in [0.1, 0.15) is 45.2 Å². The zero-order chi connectivity index (χ0) is 16.1. The molecule has 0 bridgehead atoms. The maximum absolute atomic E-state index is 12.1. The van der Waals surface area contributed by atoms with Crippen LogP contribution >= 0.6 is 0 Å². The van der Waals surface area contributed by atoms with E-state index in [0.717, 1.165) is 25.0 Å². The summed E-state index contributed by atoms with van der Waals surface area (Å²) < 4.78 is 7.45. The quantitative estimate of drug-likeness (QED) is 0.799. The van der Waals surface area contributed by atoms with Crippen molar-refractivity contribution < 1.29 is 9.53 Å². The Morgan fingerprint density at radius 3 is 2.86 bits per heavy atom. The first-order chi connectivity index (χ1) is 10.5. The summed E-state index contributed by atoms with van der Waals surface area (Å²) in [5, 5.41) is 10.6. The van der Waals surface area contributed by atoms with Crippen LogP contribution in [0.25, 0.3) is 0 Å². The Bertz CT molecular complexity index is 482. The van der Waals surface area contributed by atoms with Gasteiger partial charge in [-0.05, 0) is 46.1 Å². The van der Waals surface area contributed by atoms with Crippen LogP contribution in [-0.4, -0.2) is 47.0 Å². The van der Waals surface area contributed by atoms with Crippen LogP contribution in [-0.2, 0) is 9.53 Å². The van der Waals surface area contributed by atoms with E-state index in [9.17, 15) is 4.79 Å². The lowest BCUT2D eigenvalue weighted by Crippen LogP contribution is -2.49. The molecule has 22 heavy (non-hydrogen) atoms. The van der Waals surface area contributed by atoms with Crippen molar-refractivity contribution in [1.29, 1.82) is 0 Å². The molecule has 1 aromatic heterocycles. The molecule has 0 spiro atoms. The number of carbonyl (C=O) groups is 1. The topological polar surface area (TPSA) is 68.2 Å². The fraction of sp³-hybridized carbons (Fsp3) is 0.750. The number of aryl methyl sites for hydroxylation is 1. The standard InChI is InChI=1S/C16H28N4O2/c1-11-8-18-20(10-11)14(4)12(2)19-13(3)16(21)17-9-15-6-5-7-22-15/h8,10,12-15,19H,5-7,9H2,1-4H3,(H,17,21)/t12-,13+,14+,15-/m0/s1. The Morgan fingerprint density at radius 1 is 1.50 bits per heavy atom. The summed E-state index contributed by atoms with van der Waals surface area (Å²) in [6, 6.07) is 0.0837. The first-order valence-electron chi connectivity index (χ1n) is 8.13. The highest BCUT2D eigenvalue weighted by atomic mass is 16.5. The molecule has 0 radical (unpaired) electrons. The van der Waals surface area contributed by atoms with Crippen LogP contribution in [0.5, 0.6) is 0 Å². The summed E-state index contributed by atoms with van der Waals surface area (Å²) in [5.74, 6) is 0.0196. The highest BCUT2D eigenvalue weighted by molar-refractivity contribution is 5.81. The molecular weight excluding hydrogens is 280 g/mol. The van der Waals surface area contributed by atoms with Gasteiger partial charge in [-0.3, -0.25) is 9.48 Å². The third-order valence-electron chi connectivity index (χ3n) is 4.31. The zero-order valence-corrected chi connectivity index (χ0v) is 14.0. The molecule has 4 atom stereocenters. The second kappa shape index (κ2) is 7.74. The smallest absolute Gasteiger partial charge is 0.236 e. The van der Waals surface area contributed by atoms with Gasteiger partial charge in [0, 0.05) is 25.4 Å². The van der Waals surface area contributed by atoms with Gasteiger partial charge >= 0.3 is 0 Å². The average Bonchev–Trinajstić information content (AvgIpc) is 3.15. The van der Waals surface area contributed by atoms with E-state index < -0.39 is 0 Å². The van der Waals surface area contributed by atoms with Crippen LogP contribution < -0.4 is 10.6 Å². The lowest BCUT2D eigenvalue weighted by molar-refractivity contribution is -0.123. The Labute approximate surface area is 132 Å². The molecule has 0 aromatic carbocycles. The maximum Gasteiger partial charge on any atom is 0.236 e. The Balaban J connectivity index is 1.76. The number of aromatic nitrogens is 2. The number of nitrogens with one attached hydrogen (secondary N) is 2. The third kappa shape index (κ3) is 4.55. The van der Waals surface area contributed by atoms with E-state index in [-0.39, 0.29) is 30.1 Å². The second-order valence-electron chi connectivity index (χ2n) is 6.30. The molecule has 124 valence electrons. The van der Waals surface area contributed by atoms with Crippen molar-refractivity contribution in [3.8, 4) is 0 Å². The van der Waals surface area contributed by atoms with Gasteiger partial charge in [0.1, 0.15) is 0 Å². The van der Waals surface area contributed by atoms with Gasteiger partial charge in [0.15, 0.2) is 0 Å². The summed E-state index contributed by atoms with van der Waals surface area (Å²) in [4.78, 5) is 12.1. The Kier molecular flexibility index (Phi) is 5.97. The number of ether oxygens (including phenoxy) is 1. The summed E-state index contributed by atoms with van der Waals surface area (Å²) in [5.41, 5.74) is 1.14. The molecule has 2 rings (SSSR count). The Morgan fingerprint density at radius 2 is 2.27 bits per heavy atom. The summed E-state index contributed by atoms with van der Waals surface area (Å²) in [6.45, 7) is 9.50. The van der Waals surface area contributed by atoms with Crippen molar-refractivity contribution in [3.05, 3.63) is 18.0 Å². The normalized spacial score (nSPS) is 22.3. The number of rotatable bonds is 7. The molecule has 1 aliphatic heterocycles. The Hall–Kier alpha value is -1.40. The first-order valence-corrected chi connectivity index (χ1v) is 8.13. The minimum atomic E-state index is -0.240. The highest BCUT2D eigenvalue weighted by Crippen LogP contribution is 2.12. The van der Waals surface area contributed by atoms with E-state index in [1.165, 1.54) is 0 Å². The van der Waals surface area contributed by atoms with Gasteiger partial charge < -0.3 is 15.4 Å². The van der Waals surface area contributed by atoms with Crippen LogP contribution in [0, 0.1) is 6.92 Å². The van der Waals surface area contributed by atoms with Crippen molar-refractivity contribution in [2.24, 2.45) is 0 Å². The van der Waals surface area contributed by atoms with Crippen molar-refractivity contribution >= 4 is 5.91 Å². The van der Waals surface area contributed by atoms with Crippen molar-refractivity contribution in [2.45, 2.75) is 64.8 Å². The molecule has 1 aliphatic rings. The zero-order valence-electron chi connectivity index (χ0n) is 14.0. The van der Waals surface area contributed by atoms with Gasteiger partial charge in [-0.15, -0.1) is 0 Å². The van der Waals surface area contributed by atoms with Gasteiger partial charge in [-0.1, -0.05) is 0 Å². The van der Waals surface area contributed by atoms with Crippen LogP contribution in [0.2, 0.25) is 0 Å². The predicted molar refractivity (Wildman–Crippen MR) is 85.7 cm³/mol. The van der Waals surface area contributed by atoms with Crippen LogP contribution in [0.15, 0.2) is 12.4 Å². The van der Waals surface area contributed by atoms with Gasteiger partial charge in [-0.25, -0.2) is 0 Å². The first kappa shape index (κ1) is 17.0. The van der Waals surface area contributed by atoms with Crippen LogP contribution in [0.3, 0.4) is 0 Å². The van der Waals surface area contributed by atoms with Gasteiger partial charge in [0.25, 0.3) is 0 Å². The molecule has 0 aliphatic carbocycles. The fourth-order valence-electron chi connectivity index (χ4n) is 2.67. The lowest BCUT2D eigenvalue weighted by atomic mass is 10.1. The monoisotopic (exact) mass is 308 g/mol. The van der Waals surface area contributed by atoms with Crippen molar-refractivity contribution in [2.75, 3.05) is 13.2 Å². The number of carbonyl (C=O) groups excluding carboxylic acids is 1. The molecule has 0 unspecified atom stereocenters. The van der Waals surface area contributed by atoms with E-state index in [4.69, 9.17) is 4.74 Å². The second-order valence-corrected chi connectivity index (χ2v) is 6.30. The number of amides is 1. The summed E-state index contributed by atoms with van der Waals surface area (Å²) >= 11 is 0. The van der Waals surface area contributed by atoms with E-state index in [1.54, 1.807) is 0 Å². The lowest BCUT2D eigenvalue weighted by Gasteiger charge is -2.25. The van der Waals surface area contributed by atoms with E-state index in [2.05, 4.69) is 29.6 Å². The number of hydrogen-bond acceptors (Lipinski definition) is 4. The molecule has 6 heteroatoms. The molecule has 0 saturated carbocycles.